The highest BCUT2D eigenvalue weighted by Crippen LogP contribution is 2.46. The van der Waals surface area contributed by atoms with E-state index in [1.54, 1.807) is 0 Å². The van der Waals surface area contributed by atoms with Gasteiger partial charge in [-0.2, -0.15) is 0 Å². The molecule has 0 amide bonds. The van der Waals surface area contributed by atoms with E-state index in [-0.39, 0.29) is 0 Å². The predicted octanol–water partition coefficient (Wildman–Crippen LogP) is 13.2. The third kappa shape index (κ3) is 4.83. The molecule has 0 N–H and O–H groups in total. The Bertz CT molecular complexity index is 2480. The lowest BCUT2D eigenvalue weighted by Crippen LogP contribution is -2.10. The van der Waals surface area contributed by atoms with Gasteiger partial charge in [-0.1, -0.05) is 146 Å². The van der Waals surface area contributed by atoms with E-state index in [0.717, 1.165) is 50.1 Å². The Morgan fingerprint density at radius 2 is 0.917 bits per heavy atom. The quantitative estimate of drug-likeness (QED) is 0.185. The number of fused-ring (bicyclic) bond motifs is 5. The summed E-state index contributed by atoms with van der Waals surface area (Å²) in [6.07, 6.45) is 0. The minimum atomic E-state index is 0.861. The molecule has 0 fully saturated rings. The van der Waals surface area contributed by atoms with E-state index in [0.29, 0.717) is 0 Å². The lowest BCUT2D eigenvalue weighted by Gasteiger charge is -2.27. The first-order valence-electron chi connectivity index (χ1n) is 16.4. The number of hydrogen-bond donors (Lipinski definition) is 0. The molecule has 1 heterocycles. The monoisotopic (exact) mass is 613 g/mol. The third-order valence-corrected chi connectivity index (χ3v) is 9.23. The van der Waals surface area contributed by atoms with Crippen LogP contribution in [0, 0.1) is 0 Å². The van der Waals surface area contributed by atoms with Crippen molar-refractivity contribution in [3.05, 3.63) is 188 Å². The van der Waals surface area contributed by atoms with Crippen LogP contribution < -0.4 is 4.90 Å². The fraction of sp³-hybridized carbons (Fsp3) is 0. The van der Waals surface area contributed by atoms with Crippen molar-refractivity contribution in [3.8, 4) is 33.4 Å². The van der Waals surface area contributed by atoms with Crippen molar-refractivity contribution >= 4 is 49.8 Å². The van der Waals surface area contributed by atoms with Crippen molar-refractivity contribution in [1.29, 1.82) is 0 Å². The first-order valence-corrected chi connectivity index (χ1v) is 16.4. The molecule has 0 bridgehead atoms. The van der Waals surface area contributed by atoms with E-state index < -0.39 is 0 Å². The molecule has 2 nitrogen and oxygen atoms in total. The van der Waals surface area contributed by atoms with Crippen LogP contribution in [-0.4, -0.2) is 0 Å². The summed E-state index contributed by atoms with van der Waals surface area (Å²) < 4.78 is 6.85. The van der Waals surface area contributed by atoms with Crippen LogP contribution in [-0.2, 0) is 0 Å². The van der Waals surface area contributed by atoms with E-state index in [1.165, 1.54) is 33.0 Å². The van der Waals surface area contributed by atoms with Crippen molar-refractivity contribution in [2.24, 2.45) is 0 Å². The summed E-state index contributed by atoms with van der Waals surface area (Å²) >= 11 is 0. The number of anilines is 3. The maximum absolute atomic E-state index is 6.85. The number of rotatable bonds is 6. The van der Waals surface area contributed by atoms with E-state index in [2.05, 4.69) is 193 Å². The van der Waals surface area contributed by atoms with Crippen LogP contribution in [0.1, 0.15) is 0 Å². The molecule has 9 aromatic rings. The number of nitrogens with zero attached hydrogens (tertiary/aromatic N) is 1. The molecule has 0 aliphatic carbocycles. The molecule has 0 radical (unpaired) electrons. The Labute approximate surface area is 279 Å². The molecule has 0 spiro atoms. The van der Waals surface area contributed by atoms with Crippen molar-refractivity contribution in [1.82, 2.24) is 0 Å². The number of para-hydroxylation sites is 2. The minimum absolute atomic E-state index is 0.861. The molecular formula is C46H31NO. The molecule has 0 unspecified atom stereocenters. The summed E-state index contributed by atoms with van der Waals surface area (Å²) in [7, 11) is 0. The molecule has 0 aliphatic rings. The predicted molar refractivity (Wildman–Crippen MR) is 202 cm³/mol. The van der Waals surface area contributed by atoms with Gasteiger partial charge < -0.3 is 9.32 Å². The van der Waals surface area contributed by atoms with Gasteiger partial charge in [0.2, 0.25) is 0 Å². The average Bonchev–Trinajstić information content (AvgIpc) is 3.56. The zero-order valence-electron chi connectivity index (χ0n) is 26.3. The first-order chi connectivity index (χ1) is 23.8. The van der Waals surface area contributed by atoms with Crippen LogP contribution in [0.4, 0.5) is 17.1 Å². The van der Waals surface area contributed by atoms with Crippen LogP contribution in [0.2, 0.25) is 0 Å². The highest BCUT2D eigenvalue weighted by Gasteiger charge is 2.22. The number of hydrogen-bond acceptors (Lipinski definition) is 2. The summed E-state index contributed by atoms with van der Waals surface area (Å²) in [6, 6.07) is 66.7. The molecule has 0 saturated carbocycles. The van der Waals surface area contributed by atoms with Crippen molar-refractivity contribution in [2.45, 2.75) is 0 Å². The third-order valence-electron chi connectivity index (χ3n) is 9.23. The van der Waals surface area contributed by atoms with Gasteiger partial charge in [0.05, 0.1) is 5.69 Å². The Kier molecular flexibility index (Phi) is 6.84. The maximum atomic E-state index is 6.85. The Hall–Kier alpha value is -6.38. The van der Waals surface area contributed by atoms with Crippen LogP contribution in [0.3, 0.4) is 0 Å². The molecular weight excluding hydrogens is 583 g/mol. The van der Waals surface area contributed by atoms with E-state index in [9.17, 15) is 0 Å². The maximum Gasteiger partial charge on any atom is 0.159 e. The van der Waals surface area contributed by atoms with Crippen LogP contribution >= 0.6 is 0 Å². The van der Waals surface area contributed by atoms with Gasteiger partial charge in [-0.25, -0.2) is 0 Å². The van der Waals surface area contributed by atoms with Crippen LogP contribution in [0.15, 0.2) is 192 Å². The topological polar surface area (TPSA) is 16.4 Å². The normalized spacial score (nSPS) is 11.3. The average molecular weight is 614 g/mol. The molecule has 0 saturated heterocycles. The zero-order valence-corrected chi connectivity index (χ0v) is 26.3. The summed E-state index contributed by atoms with van der Waals surface area (Å²) in [5, 5.41) is 4.64. The molecule has 8 aromatic carbocycles. The molecule has 2 heteroatoms. The Balaban J connectivity index is 1.31. The Morgan fingerprint density at radius 3 is 1.56 bits per heavy atom. The van der Waals surface area contributed by atoms with E-state index >= 15 is 0 Å². The van der Waals surface area contributed by atoms with Gasteiger partial charge in [0.15, 0.2) is 5.58 Å². The summed E-state index contributed by atoms with van der Waals surface area (Å²) in [6.45, 7) is 0. The molecule has 1 aromatic heterocycles. The number of furan rings is 1. The summed E-state index contributed by atoms with van der Waals surface area (Å²) in [5.41, 5.74) is 11.9. The zero-order chi connectivity index (χ0) is 31.9. The largest absolute Gasteiger partial charge is 0.454 e. The van der Waals surface area contributed by atoms with Crippen molar-refractivity contribution in [3.63, 3.8) is 0 Å². The summed E-state index contributed by atoms with van der Waals surface area (Å²) in [4.78, 5) is 2.33. The van der Waals surface area contributed by atoms with Gasteiger partial charge in [-0.05, 0) is 86.6 Å². The van der Waals surface area contributed by atoms with Gasteiger partial charge in [0, 0.05) is 22.1 Å². The van der Waals surface area contributed by atoms with Crippen LogP contribution in [0.5, 0.6) is 0 Å². The van der Waals surface area contributed by atoms with Gasteiger partial charge in [0.1, 0.15) is 5.58 Å². The standard InChI is InChI=1S/C46H31NO/c1-5-15-32(16-6-1)35-29-36(33-17-7-2-8-18-33)31-38(30-35)47(37-21-11-4-12-22-37)43-26-14-25-42-45-41-24-13-23-39(34-19-9-3-10-20-34)40(41)27-28-44(45)48-46(42)43/h1-31H. The van der Waals surface area contributed by atoms with E-state index in [4.69, 9.17) is 4.42 Å². The number of benzene rings is 8. The highest BCUT2D eigenvalue weighted by molar-refractivity contribution is 6.22. The fourth-order valence-corrected chi connectivity index (χ4v) is 7.02. The van der Waals surface area contributed by atoms with E-state index in [1.807, 2.05) is 0 Å². The second kappa shape index (κ2) is 11.8. The van der Waals surface area contributed by atoms with Crippen molar-refractivity contribution < 1.29 is 4.42 Å². The molecule has 48 heavy (non-hydrogen) atoms. The van der Waals surface area contributed by atoms with Gasteiger partial charge in [0.25, 0.3) is 0 Å². The SMILES string of the molecule is c1ccc(-c2cc(-c3ccccc3)cc(N(c3ccccc3)c3cccc4c3oc3ccc5c(-c6ccccc6)cccc5c34)c2)cc1. The molecule has 226 valence electrons. The van der Waals surface area contributed by atoms with Crippen LogP contribution in [0.25, 0.3) is 66.1 Å². The minimum Gasteiger partial charge on any atom is -0.454 e. The second-order valence-electron chi connectivity index (χ2n) is 12.1. The molecule has 0 atom stereocenters. The highest BCUT2D eigenvalue weighted by atomic mass is 16.3. The smallest absolute Gasteiger partial charge is 0.159 e. The van der Waals surface area contributed by atoms with Gasteiger partial charge in [-0.15, -0.1) is 0 Å². The first kappa shape index (κ1) is 27.9. The van der Waals surface area contributed by atoms with Gasteiger partial charge in [-0.3, -0.25) is 0 Å². The lowest BCUT2D eigenvalue weighted by atomic mass is 9.95. The molecule has 0 aliphatic heterocycles. The lowest BCUT2D eigenvalue weighted by molar-refractivity contribution is 0.669. The summed E-state index contributed by atoms with van der Waals surface area (Å²) in [5.74, 6) is 0. The fourth-order valence-electron chi connectivity index (χ4n) is 7.02. The Morgan fingerprint density at radius 1 is 0.354 bits per heavy atom. The van der Waals surface area contributed by atoms with Crippen molar-refractivity contribution in [2.75, 3.05) is 4.90 Å². The van der Waals surface area contributed by atoms with Gasteiger partial charge >= 0.3 is 0 Å². The molecule has 9 rings (SSSR count). The second-order valence-corrected chi connectivity index (χ2v) is 12.1.